The number of hydrogen-bond acceptors (Lipinski definition) is 2. The van der Waals surface area contributed by atoms with Crippen LogP contribution in [0.2, 0.25) is 0 Å². The number of aromatic nitrogens is 2. The predicted octanol–water partition coefficient (Wildman–Crippen LogP) is 2.28. The van der Waals surface area contributed by atoms with Crippen molar-refractivity contribution < 1.29 is 5.11 Å². The minimum Gasteiger partial charge on any atom is -0.387 e. The molecule has 0 amide bonds. The number of nitrogens with zero attached hydrogens (tertiary/aromatic N) is 2. The maximum absolute atomic E-state index is 9.77. The average molecular weight is 196 g/mol. The molecule has 1 unspecified atom stereocenters. The van der Waals surface area contributed by atoms with Gasteiger partial charge in [-0.2, -0.15) is 5.10 Å². The molecule has 0 spiro atoms. The van der Waals surface area contributed by atoms with Crippen molar-refractivity contribution in [3.63, 3.8) is 0 Å². The van der Waals surface area contributed by atoms with Gasteiger partial charge in [0, 0.05) is 13.2 Å². The predicted molar refractivity (Wildman–Crippen MR) is 56.9 cm³/mol. The second-order valence-electron chi connectivity index (χ2n) is 4.25. The highest BCUT2D eigenvalue weighted by atomic mass is 16.3. The van der Waals surface area contributed by atoms with Crippen molar-refractivity contribution in [3.8, 4) is 0 Å². The van der Waals surface area contributed by atoms with Crippen molar-refractivity contribution in [1.82, 2.24) is 9.78 Å². The molecule has 1 N–H and O–H groups in total. The zero-order valence-corrected chi connectivity index (χ0v) is 9.27. The third-order valence-electron chi connectivity index (χ3n) is 2.33. The van der Waals surface area contributed by atoms with E-state index >= 15 is 0 Å². The van der Waals surface area contributed by atoms with Gasteiger partial charge in [-0.25, -0.2) is 0 Å². The Balaban J connectivity index is 2.32. The third-order valence-corrected chi connectivity index (χ3v) is 2.33. The number of rotatable bonds is 5. The summed E-state index contributed by atoms with van der Waals surface area (Å²) in [4.78, 5) is 0. The van der Waals surface area contributed by atoms with Crippen LogP contribution in [-0.4, -0.2) is 14.9 Å². The molecule has 1 aromatic rings. The number of hydrogen-bond donors (Lipinski definition) is 1. The van der Waals surface area contributed by atoms with Gasteiger partial charge in [-0.05, 0) is 18.4 Å². The van der Waals surface area contributed by atoms with Crippen molar-refractivity contribution in [3.05, 3.63) is 18.0 Å². The molecule has 1 heterocycles. The molecule has 1 aromatic heterocycles. The summed E-state index contributed by atoms with van der Waals surface area (Å²) in [6.07, 6.45) is 4.52. The molecule has 0 radical (unpaired) electrons. The fourth-order valence-corrected chi connectivity index (χ4v) is 1.48. The average Bonchev–Trinajstić information content (AvgIpc) is 2.51. The first-order valence-corrected chi connectivity index (χ1v) is 5.27. The summed E-state index contributed by atoms with van der Waals surface area (Å²) in [5.74, 6) is 0.714. The lowest BCUT2D eigenvalue weighted by Gasteiger charge is -2.08. The molecule has 0 saturated heterocycles. The summed E-state index contributed by atoms with van der Waals surface area (Å²) < 4.78 is 1.72. The Hall–Kier alpha value is -0.830. The largest absolute Gasteiger partial charge is 0.387 e. The Labute approximate surface area is 85.8 Å². The lowest BCUT2D eigenvalue weighted by Crippen LogP contribution is -2.00. The molecule has 0 aliphatic rings. The van der Waals surface area contributed by atoms with Crippen LogP contribution in [0.15, 0.2) is 12.3 Å². The van der Waals surface area contributed by atoms with Crippen LogP contribution in [-0.2, 0) is 7.05 Å². The summed E-state index contributed by atoms with van der Waals surface area (Å²) in [5, 5.41) is 13.9. The number of aliphatic hydroxyl groups excluding tert-OH is 1. The molecule has 0 fully saturated rings. The van der Waals surface area contributed by atoms with Gasteiger partial charge in [0.2, 0.25) is 0 Å². The standard InChI is InChI=1S/C11H20N2O/c1-9(2)5-4-6-11(14)10-7-8-13(3)12-10/h7-9,11,14H,4-6H2,1-3H3. The van der Waals surface area contributed by atoms with Gasteiger partial charge in [0.25, 0.3) is 0 Å². The molecule has 0 aromatic carbocycles. The van der Waals surface area contributed by atoms with E-state index in [0.29, 0.717) is 5.92 Å². The van der Waals surface area contributed by atoms with Gasteiger partial charge < -0.3 is 5.11 Å². The quantitative estimate of drug-likeness (QED) is 0.784. The van der Waals surface area contributed by atoms with E-state index in [9.17, 15) is 5.11 Å². The highest BCUT2D eigenvalue weighted by molar-refractivity contribution is 5.02. The van der Waals surface area contributed by atoms with E-state index in [1.807, 2.05) is 19.3 Å². The van der Waals surface area contributed by atoms with E-state index in [0.717, 1.165) is 18.5 Å². The molecule has 3 heteroatoms. The number of aliphatic hydroxyl groups is 1. The van der Waals surface area contributed by atoms with Gasteiger partial charge in [-0.15, -0.1) is 0 Å². The van der Waals surface area contributed by atoms with Gasteiger partial charge in [0.1, 0.15) is 0 Å². The van der Waals surface area contributed by atoms with Gasteiger partial charge in [0.15, 0.2) is 0 Å². The Morgan fingerprint density at radius 2 is 2.14 bits per heavy atom. The van der Waals surface area contributed by atoms with Crippen LogP contribution in [0.5, 0.6) is 0 Å². The molecular formula is C11H20N2O. The van der Waals surface area contributed by atoms with Crippen LogP contribution in [0, 0.1) is 5.92 Å². The zero-order valence-electron chi connectivity index (χ0n) is 9.27. The van der Waals surface area contributed by atoms with Gasteiger partial charge in [-0.1, -0.05) is 26.7 Å². The second kappa shape index (κ2) is 5.15. The maximum atomic E-state index is 9.77. The third kappa shape index (κ3) is 3.50. The van der Waals surface area contributed by atoms with Crippen molar-refractivity contribution in [2.45, 2.75) is 39.2 Å². The topological polar surface area (TPSA) is 38.0 Å². The van der Waals surface area contributed by atoms with Crippen LogP contribution in [0.1, 0.15) is 44.9 Å². The van der Waals surface area contributed by atoms with Crippen molar-refractivity contribution in [1.29, 1.82) is 0 Å². The van der Waals surface area contributed by atoms with Crippen molar-refractivity contribution >= 4 is 0 Å². The van der Waals surface area contributed by atoms with Gasteiger partial charge in [0.05, 0.1) is 11.8 Å². The number of aryl methyl sites for hydroxylation is 1. The van der Waals surface area contributed by atoms with E-state index < -0.39 is 6.10 Å². The Bertz CT molecular complexity index is 268. The molecule has 0 aliphatic heterocycles. The fourth-order valence-electron chi connectivity index (χ4n) is 1.48. The summed E-state index contributed by atoms with van der Waals surface area (Å²) in [5.41, 5.74) is 0.788. The molecule has 1 rings (SSSR count). The van der Waals surface area contributed by atoms with E-state index in [1.165, 1.54) is 6.42 Å². The SMILES string of the molecule is CC(C)CCCC(O)c1ccn(C)n1. The minimum atomic E-state index is -0.394. The zero-order chi connectivity index (χ0) is 10.6. The van der Waals surface area contributed by atoms with Crippen LogP contribution >= 0.6 is 0 Å². The van der Waals surface area contributed by atoms with E-state index in [4.69, 9.17) is 0 Å². The lowest BCUT2D eigenvalue weighted by atomic mass is 10.0. The molecule has 14 heavy (non-hydrogen) atoms. The van der Waals surface area contributed by atoms with Crippen LogP contribution in [0.3, 0.4) is 0 Å². The molecule has 0 aliphatic carbocycles. The first kappa shape index (κ1) is 11.2. The summed E-state index contributed by atoms with van der Waals surface area (Å²) in [6, 6.07) is 1.88. The summed E-state index contributed by atoms with van der Waals surface area (Å²) in [7, 11) is 1.87. The monoisotopic (exact) mass is 196 g/mol. The maximum Gasteiger partial charge on any atom is 0.0978 e. The van der Waals surface area contributed by atoms with Gasteiger partial charge >= 0.3 is 0 Å². The van der Waals surface area contributed by atoms with Crippen LogP contribution < -0.4 is 0 Å². The molecule has 80 valence electrons. The Kier molecular flexibility index (Phi) is 4.14. The first-order valence-electron chi connectivity index (χ1n) is 5.27. The molecule has 1 atom stereocenters. The van der Waals surface area contributed by atoms with E-state index in [2.05, 4.69) is 18.9 Å². The molecule has 0 saturated carbocycles. The molecule has 3 nitrogen and oxygen atoms in total. The van der Waals surface area contributed by atoms with Gasteiger partial charge in [-0.3, -0.25) is 4.68 Å². The first-order chi connectivity index (χ1) is 6.59. The van der Waals surface area contributed by atoms with E-state index in [-0.39, 0.29) is 0 Å². The summed E-state index contributed by atoms with van der Waals surface area (Å²) >= 11 is 0. The minimum absolute atomic E-state index is 0.394. The summed E-state index contributed by atoms with van der Waals surface area (Å²) in [6.45, 7) is 4.40. The highest BCUT2D eigenvalue weighted by Gasteiger charge is 2.09. The Morgan fingerprint density at radius 1 is 1.43 bits per heavy atom. The second-order valence-corrected chi connectivity index (χ2v) is 4.25. The highest BCUT2D eigenvalue weighted by Crippen LogP contribution is 2.18. The van der Waals surface area contributed by atoms with Crippen LogP contribution in [0.4, 0.5) is 0 Å². The molecule has 0 bridgehead atoms. The van der Waals surface area contributed by atoms with E-state index in [1.54, 1.807) is 4.68 Å². The van der Waals surface area contributed by atoms with Crippen LogP contribution in [0.25, 0.3) is 0 Å². The smallest absolute Gasteiger partial charge is 0.0978 e. The molecular weight excluding hydrogens is 176 g/mol. The normalized spacial score (nSPS) is 13.5. The Morgan fingerprint density at radius 3 is 2.64 bits per heavy atom. The lowest BCUT2D eigenvalue weighted by molar-refractivity contribution is 0.156. The fraction of sp³-hybridized carbons (Fsp3) is 0.727. The van der Waals surface area contributed by atoms with Crippen molar-refractivity contribution in [2.75, 3.05) is 0 Å². The van der Waals surface area contributed by atoms with Crippen molar-refractivity contribution in [2.24, 2.45) is 13.0 Å².